The Hall–Kier alpha value is -2.30. The number of amidine groups is 1. The number of nitrogens with one attached hydrogen (secondary N) is 2. The summed E-state index contributed by atoms with van der Waals surface area (Å²) >= 11 is 6.16. The van der Waals surface area contributed by atoms with Crippen LogP contribution in [0, 0.1) is 0 Å². The number of aliphatic imine (C=N–C) groups is 1. The van der Waals surface area contributed by atoms with Gasteiger partial charge in [-0.05, 0) is 42.0 Å². The van der Waals surface area contributed by atoms with Crippen LogP contribution in [0.15, 0.2) is 47.5 Å². The first kappa shape index (κ1) is 16.6. The quantitative estimate of drug-likeness (QED) is 0.738. The number of halogens is 2. The zero-order valence-electron chi connectivity index (χ0n) is 12.8. The van der Waals surface area contributed by atoms with E-state index >= 15 is 0 Å². The molecule has 24 heavy (non-hydrogen) atoms. The average Bonchev–Trinajstić information content (AvgIpc) is 3.22. The van der Waals surface area contributed by atoms with Crippen LogP contribution in [0.1, 0.15) is 17.0 Å². The monoisotopic (exact) mass is 358 g/mol. The number of fused-ring (bicyclic) bond motifs is 1. The van der Waals surface area contributed by atoms with E-state index in [4.69, 9.17) is 11.6 Å². The first-order valence-electron chi connectivity index (χ1n) is 7.51. The van der Waals surface area contributed by atoms with Crippen LogP contribution in [0.3, 0.4) is 0 Å². The van der Waals surface area contributed by atoms with Crippen molar-refractivity contribution in [3.05, 3.63) is 64.4 Å². The fourth-order valence-electron chi connectivity index (χ4n) is 2.63. The van der Waals surface area contributed by atoms with Gasteiger partial charge in [0, 0.05) is 17.1 Å². The maximum absolute atomic E-state index is 6.16. The van der Waals surface area contributed by atoms with Crippen LogP contribution in [0.5, 0.6) is 0 Å². The molecule has 122 valence electrons. The van der Waals surface area contributed by atoms with Gasteiger partial charge in [0.05, 0.1) is 17.6 Å². The predicted molar refractivity (Wildman–Crippen MR) is 103 cm³/mol. The molecule has 0 radical (unpaired) electrons. The molecule has 3 aromatic rings. The van der Waals surface area contributed by atoms with E-state index in [2.05, 4.69) is 26.3 Å². The maximum atomic E-state index is 6.16. The van der Waals surface area contributed by atoms with Gasteiger partial charge in [0.2, 0.25) is 0 Å². The van der Waals surface area contributed by atoms with E-state index in [1.165, 1.54) is 0 Å². The van der Waals surface area contributed by atoms with E-state index in [0.29, 0.717) is 0 Å². The van der Waals surface area contributed by atoms with E-state index in [1.54, 1.807) is 0 Å². The third-order valence-electron chi connectivity index (χ3n) is 3.77. The Bertz CT molecular complexity index is 928. The van der Waals surface area contributed by atoms with Crippen molar-refractivity contribution in [3.8, 4) is 0 Å². The van der Waals surface area contributed by atoms with Crippen molar-refractivity contribution in [2.75, 3.05) is 13.1 Å². The first-order chi connectivity index (χ1) is 11.3. The number of nitrogens with zero attached hydrogens (tertiary/aromatic N) is 2. The third kappa shape index (κ3) is 3.30. The van der Waals surface area contributed by atoms with Crippen molar-refractivity contribution >= 4 is 53.0 Å². The molecule has 0 saturated carbocycles. The second-order valence-corrected chi connectivity index (χ2v) is 5.77. The molecule has 2 heterocycles. The second kappa shape index (κ2) is 7.07. The van der Waals surface area contributed by atoms with Crippen molar-refractivity contribution < 1.29 is 0 Å². The van der Waals surface area contributed by atoms with Crippen molar-refractivity contribution in [1.82, 2.24) is 15.3 Å². The molecule has 0 unspecified atom stereocenters. The number of aromatic nitrogens is 2. The molecule has 0 amide bonds. The van der Waals surface area contributed by atoms with Crippen LogP contribution in [0.4, 0.5) is 0 Å². The Labute approximate surface area is 151 Å². The standard InChI is InChI=1S/C18H15ClN4.ClH/c19-14-4-2-1-3-12(14)6-8-17-22-15-7-5-13(11-16(15)23-17)18-20-9-10-21-18;/h1-8,11H,9-10H2,(H,20,21)(H,22,23);1H/b8-6+;. The fraction of sp³-hybridized carbons (Fsp3) is 0.111. The van der Waals surface area contributed by atoms with Gasteiger partial charge in [-0.1, -0.05) is 29.8 Å². The third-order valence-corrected chi connectivity index (χ3v) is 4.12. The van der Waals surface area contributed by atoms with Crippen LogP contribution in [0.2, 0.25) is 5.02 Å². The van der Waals surface area contributed by atoms with Gasteiger partial charge in [-0.25, -0.2) is 4.98 Å². The van der Waals surface area contributed by atoms with Crippen molar-refractivity contribution in [2.45, 2.75) is 0 Å². The zero-order valence-corrected chi connectivity index (χ0v) is 14.4. The minimum Gasteiger partial charge on any atom is -0.368 e. The Morgan fingerprint density at radius 3 is 2.75 bits per heavy atom. The van der Waals surface area contributed by atoms with Gasteiger partial charge in [0.25, 0.3) is 0 Å². The highest BCUT2D eigenvalue weighted by Gasteiger charge is 2.09. The number of rotatable bonds is 3. The summed E-state index contributed by atoms with van der Waals surface area (Å²) < 4.78 is 0. The second-order valence-electron chi connectivity index (χ2n) is 5.37. The molecule has 0 fully saturated rings. The number of H-pyrrole nitrogens is 1. The normalized spacial score (nSPS) is 13.8. The Kier molecular flexibility index (Phi) is 4.88. The summed E-state index contributed by atoms with van der Waals surface area (Å²) in [5, 5.41) is 4.01. The fourth-order valence-corrected chi connectivity index (χ4v) is 2.82. The first-order valence-corrected chi connectivity index (χ1v) is 7.88. The highest BCUT2D eigenvalue weighted by atomic mass is 35.5. The van der Waals surface area contributed by atoms with Gasteiger partial charge in [0.1, 0.15) is 11.7 Å². The van der Waals surface area contributed by atoms with Gasteiger partial charge in [-0.3, -0.25) is 4.99 Å². The lowest BCUT2D eigenvalue weighted by molar-refractivity contribution is 0.960. The van der Waals surface area contributed by atoms with Crippen LogP contribution < -0.4 is 5.32 Å². The summed E-state index contributed by atoms with van der Waals surface area (Å²) in [6, 6.07) is 13.9. The molecule has 4 rings (SSSR count). The summed E-state index contributed by atoms with van der Waals surface area (Å²) in [5.74, 6) is 1.76. The highest BCUT2D eigenvalue weighted by molar-refractivity contribution is 6.32. The molecule has 4 nitrogen and oxygen atoms in total. The zero-order chi connectivity index (χ0) is 15.6. The molecule has 1 aromatic heterocycles. The molecule has 2 aromatic carbocycles. The molecule has 2 N–H and O–H groups in total. The van der Waals surface area contributed by atoms with Crippen molar-refractivity contribution in [3.63, 3.8) is 0 Å². The Morgan fingerprint density at radius 2 is 1.96 bits per heavy atom. The van der Waals surface area contributed by atoms with Gasteiger partial charge in [-0.2, -0.15) is 0 Å². The summed E-state index contributed by atoms with van der Waals surface area (Å²) in [5.41, 5.74) is 3.99. The number of hydrogen-bond acceptors (Lipinski definition) is 3. The SMILES string of the molecule is Cl.Clc1ccccc1/C=C/c1nc2ccc(C3=NCCN3)cc2[nH]1. The van der Waals surface area contributed by atoms with E-state index in [1.807, 2.05) is 48.6 Å². The van der Waals surface area contributed by atoms with E-state index in [-0.39, 0.29) is 12.4 Å². The molecule has 1 aliphatic heterocycles. The van der Waals surface area contributed by atoms with E-state index in [9.17, 15) is 0 Å². The number of benzene rings is 2. The molecule has 0 atom stereocenters. The topological polar surface area (TPSA) is 53.1 Å². The molecule has 1 aliphatic rings. The average molecular weight is 359 g/mol. The van der Waals surface area contributed by atoms with Crippen LogP contribution in [0.25, 0.3) is 23.2 Å². The van der Waals surface area contributed by atoms with Gasteiger partial charge >= 0.3 is 0 Å². The largest absolute Gasteiger partial charge is 0.368 e. The molecule has 0 saturated heterocycles. The minimum atomic E-state index is 0. The molecule has 0 bridgehead atoms. The molecular weight excluding hydrogens is 343 g/mol. The maximum Gasteiger partial charge on any atom is 0.131 e. The lowest BCUT2D eigenvalue weighted by Crippen LogP contribution is -2.19. The van der Waals surface area contributed by atoms with Crippen LogP contribution in [-0.4, -0.2) is 28.9 Å². The molecule has 6 heteroatoms. The van der Waals surface area contributed by atoms with Crippen molar-refractivity contribution in [2.24, 2.45) is 4.99 Å². The van der Waals surface area contributed by atoms with Gasteiger partial charge < -0.3 is 10.3 Å². The smallest absolute Gasteiger partial charge is 0.131 e. The number of imidazole rings is 1. The molecular formula is C18H16Cl2N4. The lowest BCUT2D eigenvalue weighted by Gasteiger charge is -2.01. The van der Waals surface area contributed by atoms with Crippen molar-refractivity contribution in [1.29, 1.82) is 0 Å². The van der Waals surface area contributed by atoms with Crippen LogP contribution >= 0.6 is 24.0 Å². The summed E-state index contributed by atoms with van der Waals surface area (Å²) in [6.45, 7) is 1.74. The lowest BCUT2D eigenvalue weighted by atomic mass is 10.2. The summed E-state index contributed by atoms with van der Waals surface area (Å²) in [6.07, 6.45) is 3.90. The molecule has 0 spiro atoms. The highest BCUT2D eigenvalue weighted by Crippen LogP contribution is 2.19. The predicted octanol–water partition coefficient (Wildman–Crippen LogP) is 4.16. The Balaban J connectivity index is 0.00000169. The number of aromatic amines is 1. The van der Waals surface area contributed by atoms with E-state index in [0.717, 1.165) is 51.9 Å². The van der Waals surface area contributed by atoms with E-state index < -0.39 is 0 Å². The molecule has 0 aliphatic carbocycles. The minimum absolute atomic E-state index is 0. The summed E-state index contributed by atoms with van der Waals surface area (Å²) in [4.78, 5) is 12.4. The van der Waals surface area contributed by atoms with Crippen LogP contribution in [-0.2, 0) is 0 Å². The summed E-state index contributed by atoms with van der Waals surface area (Å²) in [7, 11) is 0. The van der Waals surface area contributed by atoms with Gasteiger partial charge in [0.15, 0.2) is 0 Å². The Morgan fingerprint density at radius 1 is 1.08 bits per heavy atom. The number of hydrogen-bond donors (Lipinski definition) is 2. The van der Waals surface area contributed by atoms with Gasteiger partial charge in [-0.15, -0.1) is 12.4 Å².